The minimum atomic E-state index is -0.157. The van der Waals surface area contributed by atoms with Gasteiger partial charge in [-0.2, -0.15) is 0 Å². The molecular formula is C20H16ClNO. The molecule has 3 aromatic rings. The Labute approximate surface area is 140 Å². The molecule has 0 aliphatic heterocycles. The average molecular weight is 322 g/mol. The topological polar surface area (TPSA) is 43.1 Å². The van der Waals surface area contributed by atoms with Crippen LogP contribution in [0.3, 0.4) is 0 Å². The van der Waals surface area contributed by atoms with E-state index < -0.39 is 0 Å². The summed E-state index contributed by atoms with van der Waals surface area (Å²) < 4.78 is 0. The second-order valence-corrected chi connectivity index (χ2v) is 5.84. The lowest BCUT2D eigenvalue weighted by Crippen LogP contribution is -2.07. The number of halogens is 1. The summed E-state index contributed by atoms with van der Waals surface area (Å²) in [6, 6.07) is 20.7. The van der Waals surface area contributed by atoms with Crippen LogP contribution in [0, 0.1) is 6.92 Å². The van der Waals surface area contributed by atoms with Crippen molar-refractivity contribution < 1.29 is 4.79 Å². The predicted octanol–water partition coefficient (Wildman–Crippen LogP) is 5.13. The Morgan fingerprint density at radius 3 is 2.26 bits per heavy atom. The van der Waals surface area contributed by atoms with Crippen molar-refractivity contribution in [3.05, 3.63) is 88.4 Å². The Kier molecular flexibility index (Phi) is 4.18. The largest absolute Gasteiger partial charge is 0.398 e. The zero-order chi connectivity index (χ0) is 16.4. The van der Waals surface area contributed by atoms with Crippen molar-refractivity contribution >= 4 is 23.1 Å². The summed E-state index contributed by atoms with van der Waals surface area (Å²) in [7, 11) is 0. The van der Waals surface area contributed by atoms with Crippen LogP contribution >= 0.6 is 11.6 Å². The first-order valence-electron chi connectivity index (χ1n) is 7.32. The van der Waals surface area contributed by atoms with Gasteiger partial charge in [0.1, 0.15) is 0 Å². The lowest BCUT2D eigenvalue weighted by atomic mass is 9.94. The van der Waals surface area contributed by atoms with E-state index in [9.17, 15) is 4.79 Å². The van der Waals surface area contributed by atoms with Crippen LogP contribution in [0.1, 0.15) is 21.5 Å². The molecule has 0 unspecified atom stereocenters. The zero-order valence-electron chi connectivity index (χ0n) is 12.7. The van der Waals surface area contributed by atoms with Crippen molar-refractivity contribution in [3.63, 3.8) is 0 Å². The molecule has 0 atom stereocenters. The third-order valence-electron chi connectivity index (χ3n) is 3.84. The first-order valence-corrected chi connectivity index (χ1v) is 7.70. The van der Waals surface area contributed by atoms with E-state index in [1.807, 2.05) is 49.4 Å². The number of nitrogens with two attached hydrogens (primary N) is 1. The molecule has 2 N–H and O–H groups in total. The van der Waals surface area contributed by atoms with Gasteiger partial charge < -0.3 is 5.73 Å². The van der Waals surface area contributed by atoms with Gasteiger partial charge in [-0.3, -0.25) is 4.79 Å². The van der Waals surface area contributed by atoms with Crippen molar-refractivity contribution in [3.8, 4) is 11.1 Å². The van der Waals surface area contributed by atoms with E-state index in [4.69, 9.17) is 17.3 Å². The quantitative estimate of drug-likeness (QED) is 0.537. The summed E-state index contributed by atoms with van der Waals surface area (Å²) in [6.07, 6.45) is 0. The Balaban J connectivity index is 2.08. The van der Waals surface area contributed by atoms with Crippen molar-refractivity contribution in [2.45, 2.75) is 6.92 Å². The smallest absolute Gasteiger partial charge is 0.196 e. The number of carbonyl (C=O) groups excluding carboxylic acids is 1. The number of hydrogen-bond donors (Lipinski definition) is 1. The Hall–Kier alpha value is -2.58. The zero-order valence-corrected chi connectivity index (χ0v) is 13.5. The molecule has 3 rings (SSSR count). The molecule has 0 aliphatic rings. The molecule has 0 radical (unpaired) electrons. The van der Waals surface area contributed by atoms with E-state index in [-0.39, 0.29) is 5.78 Å². The first kappa shape index (κ1) is 15.3. The van der Waals surface area contributed by atoms with E-state index in [0.717, 1.165) is 16.7 Å². The summed E-state index contributed by atoms with van der Waals surface area (Å²) in [5.41, 5.74) is 10.7. The fraction of sp³-hybridized carbons (Fsp3) is 0.0500. The second-order valence-electron chi connectivity index (χ2n) is 5.43. The first-order chi connectivity index (χ1) is 11.1. The lowest BCUT2D eigenvalue weighted by molar-refractivity contribution is 0.103. The molecule has 2 nitrogen and oxygen atoms in total. The maximum Gasteiger partial charge on any atom is 0.196 e. The lowest BCUT2D eigenvalue weighted by Gasteiger charge is -2.12. The number of nitrogen functional groups attached to an aromatic ring is 1. The Bertz CT molecular complexity index is 872. The fourth-order valence-electron chi connectivity index (χ4n) is 2.64. The highest BCUT2D eigenvalue weighted by Gasteiger charge is 2.17. The normalized spacial score (nSPS) is 10.5. The van der Waals surface area contributed by atoms with Crippen molar-refractivity contribution in [2.24, 2.45) is 0 Å². The number of carbonyl (C=O) groups is 1. The molecule has 0 aromatic heterocycles. The molecule has 0 saturated heterocycles. The fourth-order valence-corrected chi connectivity index (χ4v) is 2.86. The van der Waals surface area contributed by atoms with E-state index >= 15 is 0 Å². The molecule has 0 fully saturated rings. The molecule has 3 aromatic carbocycles. The van der Waals surface area contributed by atoms with E-state index in [2.05, 4.69) is 0 Å². The molecule has 114 valence electrons. The van der Waals surface area contributed by atoms with Gasteiger partial charge in [-0.15, -0.1) is 0 Å². The minimum Gasteiger partial charge on any atom is -0.398 e. The molecule has 3 heteroatoms. The highest BCUT2D eigenvalue weighted by atomic mass is 35.5. The standard InChI is InChI=1S/C20H16ClNO/c1-13-11-17(20(23)15-9-5-6-10-18(15)21)19(22)12-16(13)14-7-3-2-4-8-14/h2-12H,22H2,1H3. The van der Waals surface area contributed by atoms with E-state index in [0.29, 0.717) is 21.8 Å². The van der Waals surface area contributed by atoms with Gasteiger partial charge in [-0.1, -0.05) is 54.1 Å². The monoisotopic (exact) mass is 321 g/mol. The van der Waals surface area contributed by atoms with E-state index in [1.54, 1.807) is 24.3 Å². The highest BCUT2D eigenvalue weighted by Crippen LogP contribution is 2.30. The highest BCUT2D eigenvalue weighted by molar-refractivity contribution is 6.35. The third-order valence-corrected chi connectivity index (χ3v) is 4.17. The number of ketones is 1. The van der Waals surface area contributed by atoms with Gasteiger partial charge in [-0.25, -0.2) is 0 Å². The third kappa shape index (κ3) is 2.99. The van der Waals surface area contributed by atoms with Gasteiger partial charge in [0.25, 0.3) is 0 Å². The minimum absolute atomic E-state index is 0.157. The van der Waals surface area contributed by atoms with Crippen LogP contribution < -0.4 is 5.73 Å². The summed E-state index contributed by atoms with van der Waals surface area (Å²) in [4.78, 5) is 12.7. The van der Waals surface area contributed by atoms with Crippen molar-refractivity contribution in [1.29, 1.82) is 0 Å². The van der Waals surface area contributed by atoms with Crippen LogP contribution in [0.2, 0.25) is 5.02 Å². The number of rotatable bonds is 3. The molecule has 0 bridgehead atoms. The summed E-state index contributed by atoms with van der Waals surface area (Å²) in [6.45, 7) is 1.98. The molecule has 0 saturated carbocycles. The van der Waals surface area contributed by atoms with Gasteiger partial charge in [0.2, 0.25) is 0 Å². The average Bonchev–Trinajstić information content (AvgIpc) is 2.57. The maximum absolute atomic E-state index is 12.7. The molecule has 0 heterocycles. The molecule has 0 aliphatic carbocycles. The number of benzene rings is 3. The van der Waals surface area contributed by atoms with Gasteiger partial charge >= 0.3 is 0 Å². The summed E-state index contributed by atoms with van der Waals surface area (Å²) in [5.74, 6) is -0.157. The molecule has 23 heavy (non-hydrogen) atoms. The summed E-state index contributed by atoms with van der Waals surface area (Å²) in [5, 5.41) is 0.432. The molecule has 0 amide bonds. The van der Waals surface area contributed by atoms with Crippen LogP contribution in [0.4, 0.5) is 5.69 Å². The summed E-state index contributed by atoms with van der Waals surface area (Å²) >= 11 is 6.13. The predicted molar refractivity (Wildman–Crippen MR) is 95.9 cm³/mol. The SMILES string of the molecule is Cc1cc(C(=O)c2ccccc2Cl)c(N)cc1-c1ccccc1. The van der Waals surface area contributed by atoms with Crippen LogP contribution in [0.5, 0.6) is 0 Å². The van der Waals surface area contributed by atoms with Crippen LogP contribution in [0.25, 0.3) is 11.1 Å². The van der Waals surface area contributed by atoms with Crippen molar-refractivity contribution in [1.82, 2.24) is 0 Å². The van der Waals surface area contributed by atoms with Crippen molar-refractivity contribution in [2.75, 3.05) is 5.73 Å². The molecule has 0 spiro atoms. The Morgan fingerprint density at radius 2 is 1.57 bits per heavy atom. The van der Waals surface area contributed by atoms with Crippen LogP contribution in [0.15, 0.2) is 66.7 Å². The van der Waals surface area contributed by atoms with E-state index in [1.165, 1.54) is 0 Å². The van der Waals surface area contributed by atoms with Crippen LogP contribution in [-0.4, -0.2) is 5.78 Å². The number of anilines is 1. The Morgan fingerprint density at radius 1 is 0.913 bits per heavy atom. The molecular weight excluding hydrogens is 306 g/mol. The number of aryl methyl sites for hydroxylation is 1. The van der Waals surface area contributed by atoms with Crippen LogP contribution in [-0.2, 0) is 0 Å². The van der Waals surface area contributed by atoms with Gasteiger partial charge in [0.05, 0.1) is 5.02 Å². The maximum atomic E-state index is 12.7. The van der Waals surface area contributed by atoms with Gasteiger partial charge in [0, 0.05) is 16.8 Å². The van der Waals surface area contributed by atoms with Gasteiger partial charge in [0.15, 0.2) is 5.78 Å². The second kappa shape index (κ2) is 6.27. The van der Waals surface area contributed by atoms with Gasteiger partial charge in [-0.05, 0) is 47.9 Å². The number of hydrogen-bond acceptors (Lipinski definition) is 2.